The minimum atomic E-state index is -3.54. The first-order chi connectivity index (χ1) is 13.3. The third-order valence-corrected chi connectivity index (χ3v) is 7.73. The third-order valence-electron chi connectivity index (χ3n) is 5.39. The monoisotopic (exact) mass is 425 g/mol. The van der Waals surface area contributed by atoms with Gasteiger partial charge in [-0.25, -0.2) is 8.42 Å². The van der Waals surface area contributed by atoms with E-state index in [1.807, 2.05) is 13.8 Å². The van der Waals surface area contributed by atoms with Gasteiger partial charge in [0.2, 0.25) is 15.9 Å². The number of nitrogens with one attached hydrogen (secondary N) is 1. The number of hydrogen-bond acceptors (Lipinski definition) is 5. The number of sulfonamides is 1. The molecule has 0 aliphatic carbocycles. The maximum absolute atomic E-state index is 12.8. The standard InChI is InChI=1S/C19H28N4O3S2/c1-4-22(5-2)28(24,25)17-8-6-7-16(13-17)18-20-23(19(27)26-18)14-21-11-9-15(3)10-12-21/h6-8,13,15H,4-5,9-12,14H2,1-3H3/p+1. The molecule has 0 radical (unpaired) electrons. The Bertz CT molecular complexity index is 956. The lowest BCUT2D eigenvalue weighted by molar-refractivity contribution is -0.929. The van der Waals surface area contributed by atoms with Crippen LogP contribution in [0.5, 0.6) is 0 Å². The molecule has 3 rings (SSSR count). The molecule has 0 atom stereocenters. The van der Waals surface area contributed by atoms with E-state index in [4.69, 9.17) is 16.6 Å². The van der Waals surface area contributed by atoms with E-state index in [2.05, 4.69) is 12.0 Å². The Labute approximate surface area is 172 Å². The van der Waals surface area contributed by atoms with Gasteiger partial charge in [-0.3, -0.25) is 0 Å². The quantitative estimate of drug-likeness (QED) is 0.689. The Morgan fingerprint density at radius 1 is 1.29 bits per heavy atom. The van der Waals surface area contributed by atoms with Gasteiger partial charge in [0.25, 0.3) is 4.84 Å². The van der Waals surface area contributed by atoms with Gasteiger partial charge in [-0.1, -0.05) is 26.8 Å². The van der Waals surface area contributed by atoms with Gasteiger partial charge < -0.3 is 9.32 Å². The summed E-state index contributed by atoms with van der Waals surface area (Å²) >= 11 is 5.34. The number of aromatic nitrogens is 2. The van der Waals surface area contributed by atoms with E-state index in [9.17, 15) is 8.42 Å². The van der Waals surface area contributed by atoms with E-state index >= 15 is 0 Å². The summed E-state index contributed by atoms with van der Waals surface area (Å²) in [6.45, 7) is 9.67. The number of quaternary nitrogens is 1. The summed E-state index contributed by atoms with van der Waals surface area (Å²) in [5, 5.41) is 4.52. The van der Waals surface area contributed by atoms with Gasteiger partial charge >= 0.3 is 0 Å². The first-order valence-corrected chi connectivity index (χ1v) is 11.7. The lowest BCUT2D eigenvalue weighted by atomic mass is 10.00. The third kappa shape index (κ3) is 4.53. The number of hydrogen-bond donors (Lipinski definition) is 1. The molecule has 1 N–H and O–H groups in total. The number of nitrogens with zero attached hydrogens (tertiary/aromatic N) is 3. The molecule has 0 saturated carbocycles. The molecule has 0 bridgehead atoms. The lowest BCUT2D eigenvalue weighted by Crippen LogP contribution is -3.12. The van der Waals surface area contributed by atoms with Gasteiger partial charge in [0.15, 0.2) is 6.67 Å². The minimum Gasteiger partial charge on any atom is -0.409 e. The molecule has 1 aliphatic heterocycles. The fraction of sp³-hybridized carbons (Fsp3) is 0.579. The van der Waals surface area contributed by atoms with Crippen molar-refractivity contribution < 1.29 is 17.7 Å². The molecule has 1 aliphatic rings. The smallest absolute Gasteiger partial charge is 0.292 e. The SMILES string of the molecule is CCN(CC)S(=O)(=O)c1cccc(-c2nn(C[NH+]3CCC(C)CC3)c(=S)o2)c1. The van der Waals surface area contributed by atoms with Gasteiger partial charge in [-0.05, 0) is 49.2 Å². The van der Waals surface area contributed by atoms with Crippen LogP contribution in [-0.4, -0.2) is 48.7 Å². The normalized spacial score (nSPS) is 20.6. The fourth-order valence-corrected chi connectivity index (χ4v) is 5.25. The average molecular weight is 426 g/mol. The van der Waals surface area contributed by atoms with Crippen molar-refractivity contribution in [1.29, 1.82) is 0 Å². The van der Waals surface area contributed by atoms with Crippen LogP contribution in [0.3, 0.4) is 0 Å². The second-order valence-electron chi connectivity index (χ2n) is 7.38. The fourth-order valence-electron chi connectivity index (χ4n) is 3.57. The largest absolute Gasteiger partial charge is 0.409 e. The molecule has 28 heavy (non-hydrogen) atoms. The molecule has 2 heterocycles. The average Bonchev–Trinajstić information content (AvgIpc) is 3.05. The molecule has 154 valence electrons. The topological polar surface area (TPSA) is 72.8 Å². The van der Waals surface area contributed by atoms with E-state index in [0.717, 1.165) is 19.0 Å². The van der Waals surface area contributed by atoms with Crippen LogP contribution in [0.1, 0.15) is 33.6 Å². The van der Waals surface area contributed by atoms with Crippen molar-refractivity contribution >= 4 is 22.2 Å². The zero-order valence-corrected chi connectivity index (χ0v) is 18.4. The minimum absolute atomic E-state index is 0.236. The lowest BCUT2D eigenvalue weighted by Gasteiger charge is -2.26. The number of rotatable bonds is 7. The van der Waals surface area contributed by atoms with Crippen molar-refractivity contribution in [3.63, 3.8) is 0 Å². The predicted molar refractivity (Wildman–Crippen MR) is 110 cm³/mol. The van der Waals surface area contributed by atoms with E-state index in [-0.39, 0.29) is 4.90 Å². The predicted octanol–water partition coefficient (Wildman–Crippen LogP) is 2.18. The number of likely N-dealkylation sites (tertiary alicyclic amines) is 1. The second-order valence-corrected chi connectivity index (χ2v) is 9.67. The molecule has 2 aromatic rings. The summed E-state index contributed by atoms with van der Waals surface area (Å²) < 4.78 is 34.4. The van der Waals surface area contributed by atoms with Crippen LogP contribution >= 0.6 is 12.2 Å². The summed E-state index contributed by atoms with van der Waals surface area (Å²) in [7, 11) is -3.54. The maximum atomic E-state index is 12.8. The van der Waals surface area contributed by atoms with Crippen LogP contribution < -0.4 is 4.90 Å². The highest BCUT2D eigenvalue weighted by atomic mass is 32.2. The van der Waals surface area contributed by atoms with Gasteiger partial charge in [0, 0.05) is 18.7 Å². The summed E-state index contributed by atoms with van der Waals surface area (Å²) in [5.41, 5.74) is 0.611. The van der Waals surface area contributed by atoms with Gasteiger partial charge in [-0.2, -0.15) is 8.99 Å². The maximum Gasteiger partial charge on any atom is 0.292 e. The molecular formula is C19H29N4O3S2+. The zero-order chi connectivity index (χ0) is 20.3. The van der Waals surface area contributed by atoms with E-state index in [1.165, 1.54) is 22.0 Å². The first-order valence-electron chi connectivity index (χ1n) is 9.87. The molecule has 9 heteroatoms. The van der Waals surface area contributed by atoms with Gasteiger partial charge in [-0.15, -0.1) is 5.10 Å². The summed E-state index contributed by atoms with van der Waals surface area (Å²) in [5.74, 6) is 1.13. The number of benzene rings is 1. The van der Waals surface area contributed by atoms with E-state index < -0.39 is 10.0 Å². The molecular weight excluding hydrogens is 396 g/mol. The van der Waals surface area contributed by atoms with E-state index in [1.54, 1.807) is 28.9 Å². The van der Waals surface area contributed by atoms with Gasteiger partial charge in [0.1, 0.15) is 0 Å². The highest BCUT2D eigenvalue weighted by Crippen LogP contribution is 2.23. The summed E-state index contributed by atoms with van der Waals surface area (Å²) in [6, 6.07) is 6.71. The van der Waals surface area contributed by atoms with Gasteiger partial charge in [0.05, 0.1) is 18.0 Å². The van der Waals surface area contributed by atoms with Crippen molar-refractivity contribution in [3.05, 3.63) is 29.1 Å². The van der Waals surface area contributed by atoms with Crippen molar-refractivity contribution in [2.75, 3.05) is 26.2 Å². The Morgan fingerprint density at radius 2 is 1.96 bits per heavy atom. The van der Waals surface area contributed by atoms with Crippen LogP contribution in [0, 0.1) is 10.8 Å². The second kappa shape index (κ2) is 8.86. The molecule has 1 aromatic heterocycles. The highest BCUT2D eigenvalue weighted by Gasteiger charge is 2.23. The molecule has 1 saturated heterocycles. The van der Waals surface area contributed by atoms with Crippen LogP contribution in [0.2, 0.25) is 0 Å². The summed E-state index contributed by atoms with van der Waals surface area (Å²) in [4.78, 5) is 1.99. The Morgan fingerprint density at radius 3 is 2.61 bits per heavy atom. The van der Waals surface area contributed by atoms with E-state index in [0.29, 0.717) is 36.0 Å². The van der Waals surface area contributed by atoms with Crippen LogP contribution in [0.25, 0.3) is 11.5 Å². The molecule has 1 fully saturated rings. The van der Waals surface area contributed by atoms with Crippen LogP contribution in [-0.2, 0) is 16.7 Å². The Kier molecular flexibility index (Phi) is 6.69. The molecule has 0 spiro atoms. The number of piperidine rings is 1. The van der Waals surface area contributed by atoms with Crippen molar-refractivity contribution in [1.82, 2.24) is 14.1 Å². The van der Waals surface area contributed by atoms with Crippen LogP contribution in [0.15, 0.2) is 33.6 Å². The molecule has 7 nitrogen and oxygen atoms in total. The highest BCUT2D eigenvalue weighted by molar-refractivity contribution is 7.89. The van der Waals surface area contributed by atoms with Crippen molar-refractivity contribution in [3.8, 4) is 11.5 Å². The van der Waals surface area contributed by atoms with Crippen molar-refractivity contribution in [2.24, 2.45) is 5.92 Å². The first kappa shape index (κ1) is 21.2. The van der Waals surface area contributed by atoms with Crippen molar-refractivity contribution in [2.45, 2.75) is 45.2 Å². The molecule has 0 amide bonds. The molecule has 1 aromatic carbocycles. The Hall–Kier alpha value is -1.55. The zero-order valence-electron chi connectivity index (χ0n) is 16.7. The summed E-state index contributed by atoms with van der Waals surface area (Å²) in [6.07, 6.45) is 2.41. The molecule has 0 unspecified atom stereocenters. The van der Waals surface area contributed by atoms with Crippen LogP contribution in [0.4, 0.5) is 0 Å². The Balaban J connectivity index is 1.84.